The number of hydrogen-bond acceptors (Lipinski definition) is 36. The van der Waals surface area contributed by atoms with Gasteiger partial charge in [0.15, 0.2) is 50.0 Å². The number of aliphatic hydroxyl groups excluding tert-OH is 4. The summed E-state index contributed by atoms with van der Waals surface area (Å²) in [5, 5.41) is 39.9. The molecule has 4 aliphatic rings. The van der Waals surface area contributed by atoms with E-state index in [0.29, 0.717) is 33.9 Å². The van der Waals surface area contributed by atoms with Crippen molar-refractivity contribution in [3.8, 4) is 0 Å². The molecule has 20 N–H and O–H groups in total. The molecule has 4 fully saturated rings. The lowest BCUT2D eigenvalue weighted by Crippen LogP contribution is -2.37. The molecular formula is C40H52F4N8O48P8. The maximum atomic E-state index is 15.1. The van der Waals surface area contributed by atoms with E-state index in [-0.39, 0.29) is 34.3 Å². The van der Waals surface area contributed by atoms with Crippen molar-refractivity contribution < 1.29 is 215 Å². The van der Waals surface area contributed by atoms with Crippen molar-refractivity contribution in [2.75, 3.05) is 26.3 Å². The Labute approximate surface area is 594 Å². The van der Waals surface area contributed by atoms with Crippen LogP contribution in [0.15, 0.2) is 63.1 Å². The standard InChI is InChI=1S/4C10H13FN2O12P2/c4*11-10(4-23-27(21,22)25-26(18,19)20)1-6(15)8(24-10)13-2-5(3-14)7(16)12-9(13)17/h4*2-3,6,8,15H,1,4H2,(H,21,22)(H,12,16,17)(H2,18,19,20)/t4*6-,8-,10+/m1111/s1/i4D2,8D;8D;4D2;. The van der Waals surface area contributed by atoms with Gasteiger partial charge in [-0.1, -0.05) is 0 Å². The predicted octanol–water partition coefficient (Wildman–Crippen LogP) is -5.92. The molecule has 4 aliphatic heterocycles. The molecule has 4 saturated heterocycles. The second-order valence-corrected chi connectivity index (χ2v) is 31.8. The van der Waals surface area contributed by atoms with E-state index in [2.05, 4.69) is 49.5 Å². The number of ether oxygens (including phenoxy) is 4. The van der Waals surface area contributed by atoms with Gasteiger partial charge in [-0.25, -0.2) is 73.3 Å². The first-order valence-electron chi connectivity index (χ1n) is 29.8. The zero-order valence-corrected chi connectivity index (χ0v) is 58.6. The van der Waals surface area contributed by atoms with Crippen molar-refractivity contribution in [3.63, 3.8) is 0 Å². The van der Waals surface area contributed by atoms with E-state index in [9.17, 15) is 133 Å². The second kappa shape index (κ2) is 34.8. The van der Waals surface area contributed by atoms with Crippen LogP contribution in [0.4, 0.5) is 17.6 Å². The summed E-state index contributed by atoms with van der Waals surface area (Å²) < 4.78 is 243. The first-order valence-corrected chi connectivity index (χ1v) is 38.9. The largest absolute Gasteiger partial charge is 0.481 e. The fourth-order valence-electron chi connectivity index (χ4n) is 8.18. The van der Waals surface area contributed by atoms with Crippen LogP contribution >= 0.6 is 62.6 Å². The van der Waals surface area contributed by atoms with Gasteiger partial charge in [-0.3, -0.25) is 94.7 Å². The third-order valence-corrected chi connectivity index (χ3v) is 20.4. The number of H-pyrrole nitrogens is 4. The molecule has 4 unspecified atom stereocenters. The van der Waals surface area contributed by atoms with Crippen molar-refractivity contribution in [2.45, 2.75) is 98.4 Å². The summed E-state index contributed by atoms with van der Waals surface area (Å²) in [4.78, 5) is 248. The zero-order valence-electron chi connectivity index (χ0n) is 57.4. The Morgan fingerprint density at radius 3 is 0.917 bits per heavy atom. The Morgan fingerprint density at radius 2 is 0.620 bits per heavy atom. The van der Waals surface area contributed by atoms with Crippen LogP contribution in [0.25, 0.3) is 0 Å². The third-order valence-electron chi connectivity index (χ3n) is 12.2. The molecule has 0 saturated carbocycles. The van der Waals surface area contributed by atoms with Gasteiger partial charge < -0.3 is 98.1 Å². The average molecular weight is 1740 g/mol. The molecule has 0 aromatic carbocycles. The summed E-state index contributed by atoms with van der Waals surface area (Å²) in [6, 6.07) is 0. The van der Waals surface area contributed by atoms with Crippen LogP contribution in [0.5, 0.6) is 0 Å². The monoisotopic (exact) mass is 1740 g/mol. The number of phosphoric acid groups is 8. The summed E-state index contributed by atoms with van der Waals surface area (Å²) in [5.74, 6) is -13.9. The Balaban J connectivity index is 0.000000272. The van der Waals surface area contributed by atoms with E-state index >= 15 is 8.78 Å². The summed E-state index contributed by atoms with van der Waals surface area (Å²) in [7, 11) is -44.9. The topological polar surface area (TPSA) is 859 Å². The van der Waals surface area contributed by atoms with Crippen LogP contribution in [0.3, 0.4) is 0 Å². The number of aromatic amines is 4. The number of carbonyl (C=O) groups excluding carboxylic acids is 4. The smallest absolute Gasteiger partial charge is 0.388 e. The van der Waals surface area contributed by atoms with Gasteiger partial charge in [0.1, 0.15) is 50.7 Å². The first kappa shape index (κ1) is 82.8. The van der Waals surface area contributed by atoms with Crippen LogP contribution in [0, 0.1) is 0 Å². The molecule has 4 aromatic heterocycles. The number of nitrogens with one attached hydrogen (secondary N) is 4. The molecule has 68 heteroatoms. The fraction of sp³-hybridized carbons (Fsp3) is 0.500. The minimum atomic E-state index is -5.96. The Hall–Kier alpha value is -6.16. The van der Waals surface area contributed by atoms with Crippen LogP contribution in [0.1, 0.15) is 100 Å². The summed E-state index contributed by atoms with van der Waals surface area (Å²) in [6.45, 7) is -11.0. The van der Waals surface area contributed by atoms with E-state index in [1.54, 1.807) is 19.9 Å². The molecular weight excluding hydrogens is 1680 g/mol. The third kappa shape index (κ3) is 27.1. The molecule has 8 rings (SSSR count). The molecule has 0 bridgehead atoms. The van der Waals surface area contributed by atoms with E-state index in [1.165, 1.54) is 0 Å². The highest BCUT2D eigenvalue weighted by Gasteiger charge is 2.54. The van der Waals surface area contributed by atoms with Gasteiger partial charge in [0, 0.05) is 50.5 Å². The first-order chi connectivity index (χ1) is 51.2. The van der Waals surface area contributed by atoms with Crippen molar-refractivity contribution in [3.05, 3.63) is 130 Å². The number of aldehydes is 4. The molecule has 0 spiro atoms. The lowest BCUT2D eigenvalue weighted by Gasteiger charge is -2.22. The van der Waals surface area contributed by atoms with Gasteiger partial charge in [-0.15, -0.1) is 0 Å². The number of carbonyl (C=O) groups is 4. The predicted molar refractivity (Wildman–Crippen MR) is 321 cm³/mol. The molecule has 0 amide bonds. The fourth-order valence-corrected chi connectivity index (χ4v) is 14.3. The van der Waals surface area contributed by atoms with Gasteiger partial charge >= 0.3 is 85.3 Å². The number of nitrogens with zero attached hydrogens (tertiary/aromatic N) is 4. The molecule has 608 valence electrons. The van der Waals surface area contributed by atoms with Crippen molar-refractivity contribution in [1.82, 2.24) is 38.2 Å². The molecule has 0 aliphatic carbocycles. The summed E-state index contributed by atoms with van der Waals surface area (Å²) in [6.07, 6.45) is -20.6. The van der Waals surface area contributed by atoms with Crippen molar-refractivity contribution >= 4 is 87.7 Å². The van der Waals surface area contributed by atoms with Gasteiger partial charge in [0.05, 0.1) is 30.5 Å². The average Bonchev–Trinajstić information content (AvgIpc) is 1.57. The maximum absolute atomic E-state index is 15.1. The van der Waals surface area contributed by atoms with Crippen LogP contribution < -0.4 is 45.0 Å². The van der Waals surface area contributed by atoms with E-state index in [0.717, 1.165) is 0 Å². The number of phosphoric ester groups is 4. The van der Waals surface area contributed by atoms with Crippen LogP contribution in [-0.2, 0) is 90.8 Å². The molecule has 16 atom stereocenters. The molecule has 8 heterocycles. The number of hydrogen-bond donors (Lipinski definition) is 20. The number of aromatic nitrogens is 8. The Kier molecular flexibility index (Phi) is 26.7. The van der Waals surface area contributed by atoms with Gasteiger partial charge in [-0.05, 0) is 0 Å². The Bertz CT molecular complexity index is 5300. The Morgan fingerprint density at radius 1 is 0.398 bits per heavy atom. The minimum Gasteiger partial charge on any atom is -0.388 e. The SMILES string of the molecule is O=Cc1cn([C@@H]2O[C@](F)(COP(=O)(O)OP(=O)(O)O)C[C@H]2O)c(=O)[nH]c1=O.[2H]C([2H])(OP(=O)(O)OP(=O)(O)O)[C@]1(F)C[C@@H](O)[C@H](n2cc(C=O)c(=O)[nH]c2=O)O1.[2H]C([2H])(OP(=O)(O)OP(=O)(O)O)[C@]1(F)C[C@@H](O)[C@]([2H])(n2cc(C=O)c(=O)[nH]c2=O)O1.[2H][C@@]1(n2cc(C=O)c(=O)[nH]c2=O)O[C@](F)(COP(=O)(O)OP(=O)(O)O)C[C@H]1O. The number of alkyl halides is 4. The highest BCUT2D eigenvalue weighted by atomic mass is 31.3. The molecule has 108 heavy (non-hydrogen) atoms. The molecule has 0 radical (unpaired) electrons. The molecule has 56 nitrogen and oxygen atoms in total. The highest BCUT2D eigenvalue weighted by Crippen LogP contribution is 2.62. The van der Waals surface area contributed by atoms with Gasteiger partial charge in [0.2, 0.25) is 23.4 Å². The zero-order chi connectivity index (χ0) is 87.9. The number of rotatable bonds is 28. The summed E-state index contributed by atoms with van der Waals surface area (Å²) >= 11 is 0. The van der Waals surface area contributed by atoms with E-state index in [4.69, 9.17) is 61.9 Å². The van der Waals surface area contributed by atoms with Gasteiger partial charge in [0.25, 0.3) is 22.2 Å². The van der Waals surface area contributed by atoms with Crippen LogP contribution in [0.2, 0.25) is 0 Å². The second-order valence-electron chi connectivity index (χ2n) is 20.6. The van der Waals surface area contributed by atoms with Crippen LogP contribution in [-0.4, -0.2) is 217 Å². The van der Waals surface area contributed by atoms with Crippen molar-refractivity contribution in [2.24, 2.45) is 0 Å². The number of halogens is 4. The number of aliphatic hydroxyl groups is 4. The molecule has 4 aromatic rings. The van der Waals surface area contributed by atoms with E-state index < -0.39 is 255 Å². The van der Waals surface area contributed by atoms with Gasteiger partial charge in [-0.2, -0.15) is 17.2 Å². The normalized spacial score (nSPS) is 30.5. The van der Waals surface area contributed by atoms with Crippen molar-refractivity contribution in [1.29, 1.82) is 0 Å². The minimum absolute atomic E-state index is 0.0205. The summed E-state index contributed by atoms with van der Waals surface area (Å²) in [5.41, 5.74) is -12.2. The lowest BCUT2D eigenvalue weighted by molar-refractivity contribution is -0.178. The van der Waals surface area contributed by atoms with E-state index in [1.807, 2.05) is 0 Å². The maximum Gasteiger partial charge on any atom is 0.481 e. The quantitative estimate of drug-likeness (QED) is 0.0143. The lowest BCUT2D eigenvalue weighted by atomic mass is 10.2. The highest BCUT2D eigenvalue weighted by molar-refractivity contribution is 7.62.